The van der Waals surface area contributed by atoms with Crippen LogP contribution in [0.5, 0.6) is 5.75 Å². The highest BCUT2D eigenvalue weighted by Gasteiger charge is 2.19. The van der Waals surface area contributed by atoms with Crippen LogP contribution in [0.1, 0.15) is 32.6 Å². The monoisotopic (exact) mass is 229 g/mol. The van der Waals surface area contributed by atoms with Crippen LogP contribution in [-0.2, 0) is 0 Å². The zero-order chi connectivity index (χ0) is 11.7. The fourth-order valence-electron chi connectivity index (χ4n) is 2.64. The summed E-state index contributed by atoms with van der Waals surface area (Å²) in [7, 11) is 0. The van der Waals surface area contributed by atoms with E-state index in [1.54, 1.807) is 0 Å². The van der Waals surface area contributed by atoms with Gasteiger partial charge in [0.15, 0.2) is 0 Å². The number of hydrogen-bond donors (Lipinski definition) is 1. The Balaban J connectivity index is 1.71. The molecule has 3 rings (SSSR count). The Morgan fingerprint density at radius 3 is 2.76 bits per heavy atom. The van der Waals surface area contributed by atoms with Crippen LogP contribution in [-0.4, -0.2) is 11.1 Å². The van der Waals surface area contributed by atoms with E-state index in [0.717, 1.165) is 11.7 Å². The van der Waals surface area contributed by atoms with Crippen molar-refractivity contribution in [3.8, 4) is 5.75 Å². The molecule has 1 fully saturated rings. The second kappa shape index (κ2) is 4.44. The van der Waals surface area contributed by atoms with E-state index in [9.17, 15) is 0 Å². The summed E-state index contributed by atoms with van der Waals surface area (Å²) in [4.78, 5) is 3.20. The molecule has 0 aliphatic heterocycles. The summed E-state index contributed by atoms with van der Waals surface area (Å²) < 4.78 is 6.07. The van der Waals surface area contributed by atoms with Gasteiger partial charge in [0.25, 0.3) is 0 Å². The van der Waals surface area contributed by atoms with Gasteiger partial charge in [-0.2, -0.15) is 0 Å². The average molecular weight is 229 g/mol. The first-order chi connectivity index (χ1) is 8.31. The van der Waals surface area contributed by atoms with Crippen LogP contribution in [0.15, 0.2) is 30.5 Å². The second-order valence-electron chi connectivity index (χ2n) is 5.23. The summed E-state index contributed by atoms with van der Waals surface area (Å²) in [5, 5.41) is 1.23. The second-order valence-corrected chi connectivity index (χ2v) is 5.23. The number of nitrogens with one attached hydrogen (secondary N) is 1. The summed E-state index contributed by atoms with van der Waals surface area (Å²) >= 11 is 0. The molecule has 1 aromatic carbocycles. The van der Waals surface area contributed by atoms with Crippen molar-refractivity contribution in [2.24, 2.45) is 5.92 Å². The van der Waals surface area contributed by atoms with Gasteiger partial charge < -0.3 is 9.72 Å². The van der Waals surface area contributed by atoms with E-state index in [-0.39, 0.29) is 0 Å². The van der Waals surface area contributed by atoms with E-state index < -0.39 is 0 Å². The molecule has 0 bridgehead atoms. The van der Waals surface area contributed by atoms with Gasteiger partial charge in [-0.25, -0.2) is 0 Å². The molecule has 1 aliphatic carbocycles. The molecule has 2 heteroatoms. The topological polar surface area (TPSA) is 25.0 Å². The maximum Gasteiger partial charge on any atom is 0.120 e. The third-order valence-electron chi connectivity index (χ3n) is 3.79. The third-order valence-corrected chi connectivity index (χ3v) is 3.79. The lowest BCUT2D eigenvalue weighted by Gasteiger charge is -2.26. The number of hydrogen-bond acceptors (Lipinski definition) is 1. The summed E-state index contributed by atoms with van der Waals surface area (Å²) in [6.07, 6.45) is 7.39. The molecule has 1 aliphatic rings. The van der Waals surface area contributed by atoms with Gasteiger partial charge in [-0.05, 0) is 55.9 Å². The van der Waals surface area contributed by atoms with E-state index >= 15 is 0 Å². The third kappa shape index (κ3) is 2.31. The quantitative estimate of drug-likeness (QED) is 0.823. The molecule has 0 saturated heterocycles. The predicted molar refractivity (Wildman–Crippen MR) is 70.3 cm³/mol. The number of aromatic nitrogens is 1. The maximum absolute atomic E-state index is 6.07. The van der Waals surface area contributed by atoms with Crippen molar-refractivity contribution < 1.29 is 4.74 Å². The SMILES string of the molecule is CC1CCC(Oc2ccc3[nH]ccc3c2)CC1. The van der Waals surface area contributed by atoms with Gasteiger partial charge in [0.1, 0.15) is 5.75 Å². The summed E-state index contributed by atoms with van der Waals surface area (Å²) in [6, 6.07) is 8.38. The Kier molecular flexibility index (Phi) is 2.79. The average Bonchev–Trinajstić information content (AvgIpc) is 2.79. The smallest absolute Gasteiger partial charge is 0.120 e. The van der Waals surface area contributed by atoms with Gasteiger partial charge in [0.05, 0.1) is 6.10 Å². The largest absolute Gasteiger partial charge is 0.490 e. The Hall–Kier alpha value is -1.44. The molecule has 0 spiro atoms. The first-order valence-corrected chi connectivity index (χ1v) is 6.55. The molecule has 1 saturated carbocycles. The predicted octanol–water partition coefficient (Wildman–Crippen LogP) is 4.13. The Bertz CT molecular complexity index is 494. The van der Waals surface area contributed by atoms with Gasteiger partial charge in [-0.15, -0.1) is 0 Å². The zero-order valence-corrected chi connectivity index (χ0v) is 10.3. The zero-order valence-electron chi connectivity index (χ0n) is 10.3. The number of rotatable bonds is 2. The standard InChI is InChI=1S/C15H19NO/c1-11-2-4-13(5-3-11)17-14-6-7-15-12(10-14)8-9-16-15/h6-11,13,16H,2-5H2,1H3. The van der Waals surface area contributed by atoms with Crippen LogP contribution in [0.25, 0.3) is 10.9 Å². The van der Waals surface area contributed by atoms with Crippen molar-refractivity contribution >= 4 is 10.9 Å². The Morgan fingerprint density at radius 1 is 1.12 bits per heavy atom. The Labute approximate surface area is 102 Å². The van der Waals surface area contributed by atoms with Gasteiger partial charge >= 0.3 is 0 Å². The number of fused-ring (bicyclic) bond motifs is 1. The van der Waals surface area contributed by atoms with Crippen molar-refractivity contribution in [2.75, 3.05) is 0 Å². The molecular formula is C15H19NO. The fraction of sp³-hybridized carbons (Fsp3) is 0.467. The van der Waals surface area contributed by atoms with Crippen LogP contribution in [0.4, 0.5) is 0 Å². The highest BCUT2D eigenvalue weighted by molar-refractivity contribution is 5.80. The molecule has 1 heterocycles. The first kappa shape index (κ1) is 10.7. The molecule has 0 radical (unpaired) electrons. The summed E-state index contributed by atoms with van der Waals surface area (Å²) in [6.45, 7) is 2.34. The molecule has 2 aromatic rings. The molecule has 1 N–H and O–H groups in total. The number of ether oxygens (including phenoxy) is 1. The van der Waals surface area contributed by atoms with Crippen molar-refractivity contribution in [1.29, 1.82) is 0 Å². The van der Waals surface area contributed by atoms with Crippen molar-refractivity contribution in [2.45, 2.75) is 38.7 Å². The molecule has 1 aromatic heterocycles. The van der Waals surface area contributed by atoms with Crippen LogP contribution in [0, 0.1) is 5.92 Å². The van der Waals surface area contributed by atoms with E-state index in [2.05, 4.69) is 36.2 Å². The maximum atomic E-state index is 6.07. The van der Waals surface area contributed by atoms with E-state index in [1.165, 1.54) is 36.6 Å². The van der Waals surface area contributed by atoms with Crippen LogP contribution in [0.3, 0.4) is 0 Å². The number of aromatic amines is 1. The first-order valence-electron chi connectivity index (χ1n) is 6.55. The lowest BCUT2D eigenvalue weighted by atomic mass is 9.89. The minimum absolute atomic E-state index is 0.419. The number of benzene rings is 1. The normalized spacial score (nSPS) is 25.0. The number of H-pyrrole nitrogens is 1. The van der Waals surface area contributed by atoms with E-state index in [0.29, 0.717) is 6.10 Å². The molecule has 0 amide bonds. The fourth-order valence-corrected chi connectivity index (χ4v) is 2.64. The van der Waals surface area contributed by atoms with Crippen LogP contribution >= 0.6 is 0 Å². The lowest BCUT2D eigenvalue weighted by molar-refractivity contribution is 0.136. The summed E-state index contributed by atoms with van der Waals surface area (Å²) in [5.41, 5.74) is 1.18. The minimum Gasteiger partial charge on any atom is -0.490 e. The van der Waals surface area contributed by atoms with Crippen LogP contribution < -0.4 is 4.74 Å². The van der Waals surface area contributed by atoms with Crippen LogP contribution in [0.2, 0.25) is 0 Å². The van der Waals surface area contributed by atoms with Gasteiger partial charge in [-0.1, -0.05) is 6.92 Å². The molecule has 17 heavy (non-hydrogen) atoms. The van der Waals surface area contributed by atoms with Gasteiger partial charge in [-0.3, -0.25) is 0 Å². The highest BCUT2D eigenvalue weighted by atomic mass is 16.5. The molecule has 0 unspecified atom stereocenters. The Morgan fingerprint density at radius 2 is 1.94 bits per heavy atom. The molecule has 2 nitrogen and oxygen atoms in total. The van der Waals surface area contributed by atoms with E-state index in [1.807, 2.05) is 6.20 Å². The van der Waals surface area contributed by atoms with Crippen molar-refractivity contribution in [1.82, 2.24) is 4.98 Å². The lowest BCUT2D eigenvalue weighted by Crippen LogP contribution is -2.22. The van der Waals surface area contributed by atoms with Crippen molar-refractivity contribution in [3.63, 3.8) is 0 Å². The van der Waals surface area contributed by atoms with E-state index in [4.69, 9.17) is 4.74 Å². The molecule has 0 atom stereocenters. The van der Waals surface area contributed by atoms with Gasteiger partial charge in [0, 0.05) is 17.1 Å². The van der Waals surface area contributed by atoms with Crippen molar-refractivity contribution in [3.05, 3.63) is 30.5 Å². The molecule has 90 valence electrons. The molecular weight excluding hydrogens is 210 g/mol. The summed E-state index contributed by atoms with van der Waals surface area (Å²) in [5.74, 6) is 1.89. The highest BCUT2D eigenvalue weighted by Crippen LogP contribution is 2.28. The van der Waals surface area contributed by atoms with Gasteiger partial charge in [0.2, 0.25) is 0 Å². The minimum atomic E-state index is 0.419.